The highest BCUT2D eigenvalue weighted by Gasteiger charge is 2.23. The largest absolute Gasteiger partial charge is 0.309 e. The van der Waals surface area contributed by atoms with E-state index in [0.29, 0.717) is 29.1 Å². The van der Waals surface area contributed by atoms with Gasteiger partial charge in [-0.15, -0.1) is 0 Å². The van der Waals surface area contributed by atoms with Crippen molar-refractivity contribution in [1.82, 2.24) is 5.32 Å². The van der Waals surface area contributed by atoms with Gasteiger partial charge < -0.3 is 5.32 Å². The van der Waals surface area contributed by atoms with Crippen LogP contribution in [0.4, 0.5) is 5.69 Å². The maximum absolute atomic E-state index is 11.0. The molecule has 1 aromatic carbocycles. The summed E-state index contributed by atoms with van der Waals surface area (Å²) >= 11 is 6.08. The van der Waals surface area contributed by atoms with Crippen molar-refractivity contribution in [3.63, 3.8) is 0 Å². The van der Waals surface area contributed by atoms with E-state index in [0.717, 1.165) is 6.42 Å². The average molecular weight is 283 g/mol. The number of nitrogens with one attached hydrogen (secondary N) is 1. The van der Waals surface area contributed by atoms with Gasteiger partial charge in [0.1, 0.15) is 0 Å². The van der Waals surface area contributed by atoms with Crippen LogP contribution in [0.1, 0.15) is 38.2 Å². The summed E-state index contributed by atoms with van der Waals surface area (Å²) in [6.07, 6.45) is 4.87. The number of hydrogen-bond donors (Lipinski definition) is 1. The fourth-order valence-corrected chi connectivity index (χ4v) is 2.98. The van der Waals surface area contributed by atoms with Gasteiger partial charge in [-0.3, -0.25) is 10.1 Å². The second kappa shape index (κ2) is 6.35. The van der Waals surface area contributed by atoms with Crippen molar-refractivity contribution in [3.8, 4) is 0 Å². The minimum Gasteiger partial charge on any atom is -0.309 e. The van der Waals surface area contributed by atoms with Crippen LogP contribution in [-0.2, 0) is 6.54 Å². The Labute approximate surface area is 118 Å². The molecule has 104 valence electrons. The maximum Gasteiger partial charge on any atom is 0.275 e. The van der Waals surface area contributed by atoms with Gasteiger partial charge >= 0.3 is 0 Å². The summed E-state index contributed by atoms with van der Waals surface area (Å²) in [5, 5.41) is 14.9. The standard InChI is InChI=1S/C14H19ClN2O2/c1-10-5-2-3-7-13(10)16-9-11-12(15)6-4-8-14(11)17(18)19/h4,6,8,10,13,16H,2-3,5,7,9H2,1H3. The van der Waals surface area contributed by atoms with E-state index in [9.17, 15) is 10.1 Å². The van der Waals surface area contributed by atoms with Gasteiger partial charge in [0.2, 0.25) is 0 Å². The lowest BCUT2D eigenvalue weighted by atomic mass is 9.86. The molecule has 0 aliphatic heterocycles. The van der Waals surface area contributed by atoms with Gasteiger partial charge in [0.15, 0.2) is 0 Å². The van der Waals surface area contributed by atoms with E-state index < -0.39 is 0 Å². The van der Waals surface area contributed by atoms with Crippen molar-refractivity contribution in [3.05, 3.63) is 38.9 Å². The molecule has 1 aliphatic carbocycles. The van der Waals surface area contributed by atoms with Gasteiger partial charge in [-0.1, -0.05) is 37.4 Å². The van der Waals surface area contributed by atoms with Crippen molar-refractivity contribution in [2.24, 2.45) is 5.92 Å². The molecule has 0 radical (unpaired) electrons. The Kier molecular flexibility index (Phi) is 4.77. The fraction of sp³-hybridized carbons (Fsp3) is 0.571. The predicted octanol–water partition coefficient (Wildman–Crippen LogP) is 3.92. The minimum atomic E-state index is -0.368. The summed E-state index contributed by atoms with van der Waals surface area (Å²) in [6, 6.07) is 5.26. The summed E-state index contributed by atoms with van der Waals surface area (Å²) in [6.45, 7) is 2.70. The van der Waals surface area contributed by atoms with Crippen LogP contribution in [0, 0.1) is 16.0 Å². The van der Waals surface area contributed by atoms with Crippen LogP contribution in [0.5, 0.6) is 0 Å². The molecule has 1 aliphatic rings. The van der Waals surface area contributed by atoms with Crippen molar-refractivity contribution in [2.45, 2.75) is 45.2 Å². The normalized spacial score (nSPS) is 23.3. The molecule has 5 heteroatoms. The quantitative estimate of drug-likeness (QED) is 0.673. The number of benzene rings is 1. The van der Waals surface area contributed by atoms with Crippen molar-refractivity contribution in [1.29, 1.82) is 0 Å². The van der Waals surface area contributed by atoms with Crippen LogP contribution in [0.25, 0.3) is 0 Å². The van der Waals surface area contributed by atoms with E-state index in [2.05, 4.69) is 12.2 Å². The van der Waals surface area contributed by atoms with E-state index in [1.54, 1.807) is 12.1 Å². The van der Waals surface area contributed by atoms with Gasteiger partial charge in [0.05, 0.1) is 15.5 Å². The molecule has 2 atom stereocenters. The van der Waals surface area contributed by atoms with E-state index in [4.69, 9.17) is 11.6 Å². The van der Waals surface area contributed by atoms with E-state index in [1.165, 1.54) is 25.3 Å². The van der Waals surface area contributed by atoms with Gasteiger partial charge in [-0.05, 0) is 24.8 Å². The molecule has 1 aromatic rings. The molecular formula is C14H19ClN2O2. The summed E-state index contributed by atoms with van der Waals surface area (Å²) in [5.74, 6) is 0.621. The van der Waals surface area contributed by atoms with Gasteiger partial charge in [-0.25, -0.2) is 0 Å². The highest BCUT2D eigenvalue weighted by molar-refractivity contribution is 6.31. The minimum absolute atomic E-state index is 0.100. The molecule has 0 heterocycles. The molecule has 19 heavy (non-hydrogen) atoms. The van der Waals surface area contributed by atoms with Crippen LogP contribution in [-0.4, -0.2) is 11.0 Å². The molecule has 4 nitrogen and oxygen atoms in total. The molecule has 1 fully saturated rings. The SMILES string of the molecule is CC1CCCCC1NCc1c(Cl)cccc1[N+](=O)[O-]. The predicted molar refractivity (Wildman–Crippen MR) is 76.4 cm³/mol. The molecular weight excluding hydrogens is 264 g/mol. The van der Waals surface area contributed by atoms with Crippen molar-refractivity contribution >= 4 is 17.3 Å². The van der Waals surface area contributed by atoms with Crippen LogP contribution in [0.3, 0.4) is 0 Å². The molecule has 1 saturated carbocycles. The first-order chi connectivity index (χ1) is 9.09. The molecule has 2 unspecified atom stereocenters. The Morgan fingerprint density at radius 3 is 2.84 bits per heavy atom. The third-order valence-electron chi connectivity index (χ3n) is 3.94. The third kappa shape index (κ3) is 3.45. The Hall–Kier alpha value is -1.13. The lowest BCUT2D eigenvalue weighted by molar-refractivity contribution is -0.385. The zero-order valence-electron chi connectivity index (χ0n) is 11.1. The molecule has 0 amide bonds. The fourth-order valence-electron chi connectivity index (χ4n) is 2.75. The number of nitrogens with zero attached hydrogens (tertiary/aromatic N) is 1. The lowest BCUT2D eigenvalue weighted by Gasteiger charge is -2.29. The zero-order valence-corrected chi connectivity index (χ0v) is 11.8. The number of hydrogen-bond acceptors (Lipinski definition) is 3. The highest BCUT2D eigenvalue weighted by Crippen LogP contribution is 2.28. The summed E-state index contributed by atoms with van der Waals surface area (Å²) in [4.78, 5) is 10.6. The summed E-state index contributed by atoms with van der Waals surface area (Å²) in [7, 11) is 0. The van der Waals surface area contributed by atoms with E-state index in [1.807, 2.05) is 0 Å². The van der Waals surface area contributed by atoms with Crippen molar-refractivity contribution in [2.75, 3.05) is 0 Å². The van der Waals surface area contributed by atoms with Crippen LogP contribution >= 0.6 is 11.6 Å². The summed E-state index contributed by atoms with van der Waals surface area (Å²) in [5.41, 5.74) is 0.690. The first-order valence-electron chi connectivity index (χ1n) is 6.74. The van der Waals surface area contributed by atoms with Crippen molar-refractivity contribution < 1.29 is 4.92 Å². The maximum atomic E-state index is 11.0. The molecule has 2 rings (SSSR count). The molecule has 0 saturated heterocycles. The Morgan fingerprint density at radius 1 is 1.42 bits per heavy atom. The molecule has 0 aromatic heterocycles. The molecule has 0 bridgehead atoms. The first kappa shape index (κ1) is 14.3. The third-order valence-corrected chi connectivity index (χ3v) is 4.30. The smallest absolute Gasteiger partial charge is 0.275 e. The van der Waals surface area contributed by atoms with Gasteiger partial charge in [0.25, 0.3) is 5.69 Å². The van der Waals surface area contributed by atoms with Gasteiger partial charge in [-0.2, -0.15) is 0 Å². The summed E-state index contributed by atoms with van der Waals surface area (Å²) < 4.78 is 0. The number of halogens is 1. The highest BCUT2D eigenvalue weighted by atomic mass is 35.5. The molecule has 1 N–H and O–H groups in total. The topological polar surface area (TPSA) is 55.2 Å². The van der Waals surface area contributed by atoms with Gasteiger partial charge in [0, 0.05) is 18.7 Å². The second-order valence-electron chi connectivity index (χ2n) is 5.24. The van der Waals surface area contributed by atoms with Crippen LogP contribution in [0.2, 0.25) is 5.02 Å². The monoisotopic (exact) mass is 282 g/mol. The van der Waals surface area contributed by atoms with E-state index in [-0.39, 0.29) is 10.6 Å². The Balaban J connectivity index is 2.08. The second-order valence-corrected chi connectivity index (χ2v) is 5.65. The number of nitro groups is 1. The molecule has 0 spiro atoms. The average Bonchev–Trinajstić information content (AvgIpc) is 2.38. The van der Waals surface area contributed by atoms with E-state index >= 15 is 0 Å². The number of rotatable bonds is 4. The number of nitro benzene ring substituents is 1. The van der Waals surface area contributed by atoms with Crippen LogP contribution < -0.4 is 5.32 Å². The van der Waals surface area contributed by atoms with Crippen LogP contribution in [0.15, 0.2) is 18.2 Å². The first-order valence-corrected chi connectivity index (χ1v) is 7.12. The Morgan fingerprint density at radius 2 is 2.16 bits per heavy atom. The lowest BCUT2D eigenvalue weighted by Crippen LogP contribution is -2.36. The zero-order chi connectivity index (χ0) is 13.8. The Bertz CT molecular complexity index is 465.